The summed E-state index contributed by atoms with van der Waals surface area (Å²) in [6.45, 7) is 0.281. The topological polar surface area (TPSA) is 80.0 Å². The summed E-state index contributed by atoms with van der Waals surface area (Å²) in [5.74, 6) is 0.733. The second-order valence-corrected chi connectivity index (χ2v) is 5.60. The Labute approximate surface area is 147 Å². The highest BCUT2D eigenvalue weighted by atomic mass is 35.5. The summed E-state index contributed by atoms with van der Waals surface area (Å²) < 4.78 is 5.14. The fourth-order valence-electron chi connectivity index (χ4n) is 1.94. The van der Waals surface area contributed by atoms with Gasteiger partial charge >= 0.3 is 0 Å². The van der Waals surface area contributed by atoms with Crippen molar-refractivity contribution >= 4 is 40.6 Å². The van der Waals surface area contributed by atoms with Crippen LogP contribution in [0.1, 0.15) is 16.2 Å². The number of furan rings is 1. The average Bonchev–Trinajstić information content (AvgIpc) is 3.10. The molecule has 0 saturated carbocycles. The summed E-state index contributed by atoms with van der Waals surface area (Å²) in [5, 5.41) is 14.4. The van der Waals surface area contributed by atoms with Crippen LogP contribution in [-0.4, -0.2) is 16.1 Å². The van der Waals surface area contributed by atoms with E-state index in [-0.39, 0.29) is 18.1 Å². The lowest BCUT2D eigenvalue weighted by Crippen LogP contribution is -2.23. The van der Waals surface area contributed by atoms with Crippen molar-refractivity contribution in [2.75, 3.05) is 5.32 Å². The number of halogens is 2. The average molecular weight is 363 g/mol. The Morgan fingerprint density at radius 2 is 1.83 bits per heavy atom. The minimum Gasteiger partial charge on any atom is -0.467 e. The van der Waals surface area contributed by atoms with E-state index in [1.54, 1.807) is 48.7 Å². The lowest BCUT2D eigenvalue weighted by atomic mass is 10.3. The Kier molecular flexibility index (Phi) is 4.98. The summed E-state index contributed by atoms with van der Waals surface area (Å²) in [6, 6.07) is 11.9. The largest absolute Gasteiger partial charge is 0.467 e. The first-order valence-corrected chi connectivity index (χ1v) is 7.74. The molecule has 24 heavy (non-hydrogen) atoms. The monoisotopic (exact) mass is 362 g/mol. The lowest BCUT2D eigenvalue weighted by Gasteiger charge is -2.09. The summed E-state index contributed by atoms with van der Waals surface area (Å²) >= 11 is 12.2. The number of benzene rings is 1. The van der Waals surface area contributed by atoms with Crippen LogP contribution in [-0.2, 0) is 6.54 Å². The number of anilines is 2. The van der Waals surface area contributed by atoms with Crippen LogP contribution in [0.25, 0.3) is 0 Å². The highest BCUT2D eigenvalue weighted by molar-refractivity contribution is 6.39. The molecule has 3 aromatic rings. The van der Waals surface area contributed by atoms with E-state index in [4.69, 9.17) is 27.6 Å². The van der Waals surface area contributed by atoms with Gasteiger partial charge in [0.15, 0.2) is 11.5 Å². The van der Waals surface area contributed by atoms with Gasteiger partial charge in [0.25, 0.3) is 5.91 Å². The van der Waals surface area contributed by atoms with Crippen LogP contribution in [0.15, 0.2) is 53.1 Å². The fourth-order valence-corrected chi connectivity index (χ4v) is 2.43. The highest BCUT2D eigenvalue weighted by Crippen LogP contribution is 2.31. The Morgan fingerprint density at radius 3 is 2.46 bits per heavy atom. The maximum atomic E-state index is 12.0. The van der Waals surface area contributed by atoms with E-state index in [9.17, 15) is 4.79 Å². The van der Waals surface area contributed by atoms with Gasteiger partial charge in [-0.25, -0.2) is 0 Å². The predicted molar refractivity (Wildman–Crippen MR) is 91.7 cm³/mol. The van der Waals surface area contributed by atoms with Crippen LogP contribution in [0.2, 0.25) is 10.0 Å². The Balaban J connectivity index is 1.65. The molecule has 0 atom stereocenters. The number of rotatable bonds is 5. The summed E-state index contributed by atoms with van der Waals surface area (Å²) in [5.41, 5.74) is 0.725. The Hall–Kier alpha value is -2.57. The van der Waals surface area contributed by atoms with Crippen LogP contribution in [0, 0.1) is 0 Å². The molecule has 0 bridgehead atoms. The van der Waals surface area contributed by atoms with E-state index in [2.05, 4.69) is 20.8 Å². The molecular formula is C16H12Cl2N4O2. The van der Waals surface area contributed by atoms with E-state index in [1.807, 2.05) is 0 Å². The van der Waals surface area contributed by atoms with Gasteiger partial charge in [-0.05, 0) is 36.4 Å². The minimum absolute atomic E-state index is 0.192. The molecule has 122 valence electrons. The number of para-hydroxylation sites is 1. The van der Waals surface area contributed by atoms with Crippen molar-refractivity contribution in [3.63, 3.8) is 0 Å². The van der Waals surface area contributed by atoms with Gasteiger partial charge in [0, 0.05) is 0 Å². The van der Waals surface area contributed by atoms with Gasteiger partial charge in [-0.2, -0.15) is 0 Å². The second kappa shape index (κ2) is 7.33. The molecule has 0 saturated heterocycles. The molecule has 0 aliphatic rings. The van der Waals surface area contributed by atoms with Crippen molar-refractivity contribution in [3.05, 3.63) is 70.2 Å². The number of aromatic nitrogens is 2. The summed E-state index contributed by atoms with van der Waals surface area (Å²) in [6.07, 6.45) is 1.54. The first kappa shape index (κ1) is 16.3. The van der Waals surface area contributed by atoms with Gasteiger partial charge in [0.2, 0.25) is 0 Å². The molecule has 1 aromatic carbocycles. The zero-order valence-corrected chi connectivity index (χ0v) is 13.8. The van der Waals surface area contributed by atoms with Gasteiger partial charge in [-0.1, -0.05) is 29.3 Å². The van der Waals surface area contributed by atoms with Crippen molar-refractivity contribution in [3.8, 4) is 0 Å². The Bertz CT molecular complexity index is 816. The van der Waals surface area contributed by atoms with Crippen LogP contribution < -0.4 is 10.6 Å². The molecule has 0 aliphatic heterocycles. The molecule has 2 N–H and O–H groups in total. The minimum atomic E-state index is -0.346. The van der Waals surface area contributed by atoms with Gasteiger partial charge in [-0.15, -0.1) is 10.2 Å². The quantitative estimate of drug-likeness (QED) is 0.715. The van der Waals surface area contributed by atoms with E-state index in [0.717, 1.165) is 0 Å². The molecule has 0 unspecified atom stereocenters. The van der Waals surface area contributed by atoms with Crippen LogP contribution in [0.4, 0.5) is 11.5 Å². The van der Waals surface area contributed by atoms with E-state index >= 15 is 0 Å². The third-order valence-electron chi connectivity index (χ3n) is 3.12. The molecular weight excluding hydrogens is 351 g/mol. The van der Waals surface area contributed by atoms with Gasteiger partial charge in [0.1, 0.15) is 5.76 Å². The van der Waals surface area contributed by atoms with Crippen molar-refractivity contribution < 1.29 is 9.21 Å². The predicted octanol–water partition coefficient (Wildman–Crippen LogP) is 4.05. The number of nitrogens with one attached hydrogen (secondary N) is 2. The van der Waals surface area contributed by atoms with Crippen molar-refractivity contribution in [2.24, 2.45) is 0 Å². The fraction of sp³-hybridized carbons (Fsp3) is 0.0625. The van der Waals surface area contributed by atoms with Crippen LogP contribution >= 0.6 is 23.2 Å². The first-order chi connectivity index (χ1) is 11.6. The molecule has 6 nitrogen and oxygen atoms in total. The van der Waals surface area contributed by atoms with Crippen molar-refractivity contribution in [1.82, 2.24) is 15.5 Å². The molecule has 0 fully saturated rings. The van der Waals surface area contributed by atoms with Crippen LogP contribution in [0.5, 0.6) is 0 Å². The number of hydrogen-bond acceptors (Lipinski definition) is 5. The normalized spacial score (nSPS) is 10.4. The van der Waals surface area contributed by atoms with Crippen molar-refractivity contribution in [1.29, 1.82) is 0 Å². The maximum absolute atomic E-state index is 12.0. The molecule has 8 heteroatoms. The third kappa shape index (κ3) is 3.84. The molecule has 2 aromatic heterocycles. The van der Waals surface area contributed by atoms with Gasteiger partial charge < -0.3 is 15.1 Å². The molecule has 0 radical (unpaired) electrons. The lowest BCUT2D eigenvalue weighted by molar-refractivity contribution is 0.0942. The zero-order chi connectivity index (χ0) is 16.9. The SMILES string of the molecule is O=C(NCc1ccco1)c1ccc(Nc2c(Cl)cccc2Cl)nn1. The second-order valence-electron chi connectivity index (χ2n) is 4.79. The zero-order valence-electron chi connectivity index (χ0n) is 12.3. The number of nitrogens with zero attached hydrogens (tertiary/aromatic N) is 2. The van der Waals surface area contributed by atoms with Gasteiger partial charge in [0.05, 0.1) is 28.5 Å². The maximum Gasteiger partial charge on any atom is 0.272 e. The number of carbonyl (C=O) groups is 1. The van der Waals surface area contributed by atoms with Crippen LogP contribution in [0.3, 0.4) is 0 Å². The van der Waals surface area contributed by atoms with Crippen molar-refractivity contribution in [2.45, 2.75) is 6.54 Å². The first-order valence-electron chi connectivity index (χ1n) is 6.99. The highest BCUT2D eigenvalue weighted by Gasteiger charge is 2.10. The van der Waals surface area contributed by atoms with E-state index in [1.165, 1.54) is 0 Å². The van der Waals surface area contributed by atoms with Gasteiger partial charge in [-0.3, -0.25) is 4.79 Å². The van der Waals surface area contributed by atoms with E-state index < -0.39 is 0 Å². The standard InChI is InChI=1S/C16H12Cl2N4O2/c17-11-4-1-5-12(18)15(11)20-14-7-6-13(21-22-14)16(23)19-9-10-3-2-8-24-10/h1-8H,9H2,(H,19,23)(H,20,22). The Morgan fingerprint density at radius 1 is 1.04 bits per heavy atom. The number of hydrogen-bond donors (Lipinski definition) is 2. The summed E-state index contributed by atoms with van der Waals surface area (Å²) in [7, 11) is 0. The third-order valence-corrected chi connectivity index (χ3v) is 3.75. The molecule has 0 spiro atoms. The molecule has 3 rings (SSSR count). The smallest absolute Gasteiger partial charge is 0.272 e. The molecule has 0 aliphatic carbocycles. The number of amides is 1. The van der Waals surface area contributed by atoms with E-state index in [0.29, 0.717) is 27.3 Å². The molecule has 2 heterocycles. The summed E-state index contributed by atoms with van der Waals surface area (Å²) in [4.78, 5) is 12.0. The molecule has 1 amide bonds. The number of carbonyl (C=O) groups excluding carboxylic acids is 1.